The van der Waals surface area contributed by atoms with Crippen molar-refractivity contribution >= 4 is 21.5 Å². The Morgan fingerprint density at radius 1 is 0.955 bits per heavy atom. The van der Waals surface area contributed by atoms with Crippen molar-refractivity contribution in [1.82, 2.24) is 0 Å². The van der Waals surface area contributed by atoms with Gasteiger partial charge in [0.15, 0.2) is 0 Å². The molecule has 0 aliphatic carbocycles. The quantitative estimate of drug-likeness (QED) is 0.557. The fraction of sp³-hybridized carbons (Fsp3) is 0.263. The minimum Gasteiger partial charge on any atom is -0.394 e. The van der Waals surface area contributed by atoms with E-state index in [0.717, 1.165) is 5.56 Å². The molecule has 0 radical (unpaired) electrons. The van der Waals surface area contributed by atoms with Crippen molar-refractivity contribution in [2.75, 3.05) is 26.9 Å². The summed E-state index contributed by atoms with van der Waals surface area (Å²) in [7, 11) is 1.69. The first-order valence-electron chi connectivity index (χ1n) is 7.46. The third-order valence-corrected chi connectivity index (χ3v) is 3.92. The smallest absolute Gasteiger partial charge is 0.106 e. The van der Waals surface area contributed by atoms with Gasteiger partial charge in [0.05, 0.1) is 19.8 Å². The van der Waals surface area contributed by atoms with E-state index in [2.05, 4.69) is 48.5 Å². The zero-order valence-corrected chi connectivity index (χ0v) is 12.7. The van der Waals surface area contributed by atoms with Crippen molar-refractivity contribution < 1.29 is 14.6 Å². The van der Waals surface area contributed by atoms with Gasteiger partial charge >= 0.3 is 0 Å². The molecule has 0 fully saturated rings. The van der Waals surface area contributed by atoms with Crippen LogP contribution in [0.3, 0.4) is 0 Å². The van der Waals surface area contributed by atoms with Crippen LogP contribution in [-0.2, 0) is 9.47 Å². The molecule has 3 aromatic carbocycles. The van der Waals surface area contributed by atoms with Crippen LogP contribution in [-0.4, -0.2) is 32.0 Å². The first-order chi connectivity index (χ1) is 10.8. The van der Waals surface area contributed by atoms with Crippen molar-refractivity contribution in [2.24, 2.45) is 0 Å². The highest BCUT2D eigenvalue weighted by atomic mass is 16.5. The number of hydrogen-bond donors (Lipinski definition) is 1. The number of hydrogen-bond acceptors (Lipinski definition) is 3. The Labute approximate surface area is 130 Å². The van der Waals surface area contributed by atoms with Crippen LogP contribution in [0.1, 0.15) is 11.7 Å². The van der Waals surface area contributed by atoms with Crippen LogP contribution in [0.5, 0.6) is 0 Å². The van der Waals surface area contributed by atoms with E-state index in [4.69, 9.17) is 14.6 Å². The Kier molecular flexibility index (Phi) is 4.68. The molecule has 1 unspecified atom stereocenters. The predicted molar refractivity (Wildman–Crippen MR) is 89.1 cm³/mol. The highest BCUT2D eigenvalue weighted by Gasteiger charge is 2.14. The summed E-state index contributed by atoms with van der Waals surface area (Å²) < 4.78 is 11.0. The van der Waals surface area contributed by atoms with Crippen LogP contribution in [0, 0.1) is 0 Å². The molecule has 0 heterocycles. The summed E-state index contributed by atoms with van der Waals surface area (Å²) in [5.41, 5.74) is 1.11. The molecule has 22 heavy (non-hydrogen) atoms. The van der Waals surface area contributed by atoms with E-state index >= 15 is 0 Å². The van der Waals surface area contributed by atoms with Gasteiger partial charge in [-0.25, -0.2) is 0 Å². The van der Waals surface area contributed by atoms with Crippen molar-refractivity contribution in [1.29, 1.82) is 0 Å². The summed E-state index contributed by atoms with van der Waals surface area (Å²) >= 11 is 0. The lowest BCUT2D eigenvalue weighted by Gasteiger charge is -2.18. The summed E-state index contributed by atoms with van der Waals surface area (Å²) in [6.07, 6.45) is -0.142. The lowest BCUT2D eigenvalue weighted by atomic mass is 9.97. The van der Waals surface area contributed by atoms with Gasteiger partial charge in [-0.05, 0) is 39.2 Å². The number of aliphatic hydroxyl groups excluding tert-OH is 1. The zero-order valence-electron chi connectivity index (χ0n) is 12.7. The van der Waals surface area contributed by atoms with Gasteiger partial charge in [0, 0.05) is 7.11 Å². The Hall–Kier alpha value is -1.94. The zero-order chi connectivity index (χ0) is 15.4. The first-order valence-corrected chi connectivity index (χ1v) is 7.46. The van der Waals surface area contributed by atoms with E-state index in [-0.39, 0.29) is 12.7 Å². The molecular formula is C19H20O3. The largest absolute Gasteiger partial charge is 0.394 e. The maximum atomic E-state index is 8.85. The fourth-order valence-corrected chi connectivity index (χ4v) is 2.81. The van der Waals surface area contributed by atoms with Crippen LogP contribution in [0.15, 0.2) is 54.6 Å². The van der Waals surface area contributed by atoms with Gasteiger partial charge in [0.1, 0.15) is 6.10 Å². The van der Waals surface area contributed by atoms with Crippen molar-refractivity contribution in [3.8, 4) is 0 Å². The maximum absolute atomic E-state index is 8.85. The number of fused-ring (bicyclic) bond motifs is 2. The third-order valence-electron chi connectivity index (χ3n) is 3.92. The van der Waals surface area contributed by atoms with Gasteiger partial charge in [-0.2, -0.15) is 0 Å². The number of benzene rings is 3. The highest BCUT2D eigenvalue weighted by Crippen LogP contribution is 2.30. The lowest BCUT2D eigenvalue weighted by molar-refractivity contribution is -0.00235. The van der Waals surface area contributed by atoms with Gasteiger partial charge < -0.3 is 14.6 Å². The molecule has 114 valence electrons. The number of ether oxygens (including phenoxy) is 2. The van der Waals surface area contributed by atoms with Crippen molar-refractivity contribution in [3.63, 3.8) is 0 Å². The van der Waals surface area contributed by atoms with Crippen molar-refractivity contribution in [2.45, 2.75) is 6.10 Å². The molecule has 3 rings (SSSR count). The summed E-state index contributed by atoms with van der Waals surface area (Å²) in [4.78, 5) is 0. The minimum absolute atomic E-state index is 0.0244. The molecule has 3 nitrogen and oxygen atoms in total. The van der Waals surface area contributed by atoms with E-state index in [0.29, 0.717) is 13.2 Å². The molecule has 0 aliphatic rings. The predicted octanol–water partition coefficient (Wildman–Crippen LogP) is 3.69. The lowest BCUT2D eigenvalue weighted by Crippen LogP contribution is -2.12. The Balaban J connectivity index is 2.06. The molecule has 0 aromatic heterocycles. The Morgan fingerprint density at radius 3 is 2.41 bits per heavy atom. The third kappa shape index (κ3) is 2.97. The standard InChI is InChI=1S/C19H20O3/c1-21-19(13-22-10-9-20)17-8-4-7-16-11-14-5-2-3-6-15(14)12-18(16)17/h2-8,11-12,19-20H,9-10,13H2,1H3. The number of rotatable bonds is 6. The van der Waals surface area contributed by atoms with Gasteiger partial charge in [-0.3, -0.25) is 0 Å². The Bertz CT molecular complexity index is 767. The molecule has 0 saturated heterocycles. The SMILES string of the molecule is COC(COCCO)c1cccc2cc3ccccc3cc12. The molecule has 3 heteroatoms. The molecular weight excluding hydrogens is 276 g/mol. The maximum Gasteiger partial charge on any atom is 0.106 e. The number of aliphatic hydroxyl groups is 1. The topological polar surface area (TPSA) is 38.7 Å². The summed E-state index contributed by atoms with van der Waals surface area (Å²) in [5.74, 6) is 0. The molecule has 0 aliphatic heterocycles. The second-order valence-corrected chi connectivity index (χ2v) is 5.29. The second kappa shape index (κ2) is 6.88. The molecule has 0 bridgehead atoms. The van der Waals surface area contributed by atoms with Gasteiger partial charge in [0.25, 0.3) is 0 Å². The molecule has 3 aromatic rings. The van der Waals surface area contributed by atoms with Crippen LogP contribution < -0.4 is 0 Å². The van der Waals surface area contributed by atoms with E-state index in [1.54, 1.807) is 7.11 Å². The Morgan fingerprint density at radius 2 is 1.68 bits per heavy atom. The van der Waals surface area contributed by atoms with Crippen LogP contribution in [0.2, 0.25) is 0 Å². The monoisotopic (exact) mass is 296 g/mol. The summed E-state index contributed by atoms with van der Waals surface area (Å²) in [6.45, 7) is 0.785. The van der Waals surface area contributed by atoms with E-state index in [9.17, 15) is 0 Å². The molecule has 1 atom stereocenters. The fourth-order valence-electron chi connectivity index (χ4n) is 2.81. The van der Waals surface area contributed by atoms with Gasteiger partial charge in [0.2, 0.25) is 0 Å². The van der Waals surface area contributed by atoms with Crippen LogP contribution in [0.25, 0.3) is 21.5 Å². The van der Waals surface area contributed by atoms with E-state index in [1.807, 2.05) is 6.07 Å². The number of methoxy groups -OCH3 is 1. The molecule has 0 saturated carbocycles. The molecule has 0 spiro atoms. The highest BCUT2D eigenvalue weighted by molar-refractivity contribution is 5.99. The van der Waals surface area contributed by atoms with Crippen LogP contribution >= 0.6 is 0 Å². The van der Waals surface area contributed by atoms with Gasteiger partial charge in [-0.15, -0.1) is 0 Å². The summed E-state index contributed by atoms with van der Waals surface area (Å²) in [6, 6.07) is 19.0. The normalized spacial score (nSPS) is 12.8. The molecule has 0 amide bonds. The van der Waals surface area contributed by atoms with Crippen LogP contribution in [0.4, 0.5) is 0 Å². The van der Waals surface area contributed by atoms with Gasteiger partial charge in [-0.1, -0.05) is 42.5 Å². The average molecular weight is 296 g/mol. The summed E-state index contributed by atoms with van der Waals surface area (Å²) in [5, 5.41) is 13.7. The van der Waals surface area contributed by atoms with E-state index in [1.165, 1.54) is 21.5 Å². The van der Waals surface area contributed by atoms with Crippen molar-refractivity contribution in [3.05, 3.63) is 60.2 Å². The second-order valence-electron chi connectivity index (χ2n) is 5.29. The first kappa shape index (κ1) is 15.0. The van der Waals surface area contributed by atoms with E-state index < -0.39 is 0 Å². The average Bonchev–Trinajstić information content (AvgIpc) is 2.57. The molecule has 1 N–H and O–H groups in total. The minimum atomic E-state index is -0.142.